The molecule has 3 aromatic rings. The third kappa shape index (κ3) is 6.07. The van der Waals surface area contributed by atoms with Crippen LogP contribution in [-0.4, -0.2) is 17.9 Å². The largest absolute Gasteiger partial charge is 0.481 e. The van der Waals surface area contributed by atoms with Gasteiger partial charge in [-0.2, -0.15) is 0 Å². The first-order chi connectivity index (χ1) is 13.9. The Morgan fingerprint density at radius 2 is 1.41 bits per heavy atom. The number of ether oxygens (including phenoxy) is 1. The summed E-state index contributed by atoms with van der Waals surface area (Å²) in [6, 6.07) is 20.7. The molecule has 0 heterocycles. The number of rotatable bonds is 6. The molecule has 1 atom stereocenters. The summed E-state index contributed by atoms with van der Waals surface area (Å²) < 4.78 is 6.60. The number of halogens is 2. The first kappa shape index (κ1) is 20.9. The zero-order chi connectivity index (χ0) is 20.8. The van der Waals surface area contributed by atoms with Gasteiger partial charge in [-0.25, -0.2) is 0 Å². The Morgan fingerprint density at radius 1 is 0.862 bits per heavy atom. The van der Waals surface area contributed by atoms with E-state index in [1.54, 1.807) is 67.6 Å². The Labute approximate surface area is 182 Å². The highest BCUT2D eigenvalue weighted by Gasteiger charge is 2.15. The van der Waals surface area contributed by atoms with E-state index in [1.807, 2.05) is 12.1 Å². The Bertz CT molecular complexity index is 990. The van der Waals surface area contributed by atoms with Gasteiger partial charge in [-0.05, 0) is 79.7 Å². The Kier molecular flexibility index (Phi) is 6.90. The molecule has 2 N–H and O–H groups in total. The lowest BCUT2D eigenvalue weighted by Gasteiger charge is -2.15. The summed E-state index contributed by atoms with van der Waals surface area (Å²) in [4.78, 5) is 24.6. The molecule has 0 saturated carbocycles. The van der Waals surface area contributed by atoms with Crippen LogP contribution in [0.15, 0.2) is 77.3 Å². The molecule has 0 radical (unpaired) electrons. The van der Waals surface area contributed by atoms with Crippen molar-refractivity contribution < 1.29 is 14.3 Å². The summed E-state index contributed by atoms with van der Waals surface area (Å²) in [5, 5.41) is 6.18. The van der Waals surface area contributed by atoms with E-state index in [-0.39, 0.29) is 11.8 Å². The van der Waals surface area contributed by atoms with Crippen molar-refractivity contribution in [3.05, 3.63) is 87.9 Å². The van der Waals surface area contributed by atoms with Crippen molar-refractivity contribution in [1.82, 2.24) is 0 Å². The fraction of sp³-hybridized carbons (Fsp3) is 0.0909. The van der Waals surface area contributed by atoms with Crippen molar-refractivity contribution in [3.8, 4) is 5.75 Å². The molecule has 5 nitrogen and oxygen atoms in total. The predicted molar refractivity (Wildman–Crippen MR) is 119 cm³/mol. The van der Waals surface area contributed by atoms with Gasteiger partial charge >= 0.3 is 0 Å². The van der Waals surface area contributed by atoms with Crippen LogP contribution >= 0.6 is 27.5 Å². The topological polar surface area (TPSA) is 67.4 Å². The molecule has 7 heteroatoms. The van der Waals surface area contributed by atoms with Gasteiger partial charge in [-0.3, -0.25) is 9.59 Å². The first-order valence-electron chi connectivity index (χ1n) is 8.81. The maximum atomic E-state index is 12.3. The molecule has 0 aliphatic carbocycles. The number of hydrogen-bond acceptors (Lipinski definition) is 3. The van der Waals surface area contributed by atoms with Crippen molar-refractivity contribution in [2.24, 2.45) is 0 Å². The molecule has 0 bridgehead atoms. The average molecular weight is 474 g/mol. The maximum absolute atomic E-state index is 12.3. The zero-order valence-corrected chi connectivity index (χ0v) is 17.8. The van der Waals surface area contributed by atoms with E-state index in [0.717, 1.165) is 4.47 Å². The summed E-state index contributed by atoms with van der Waals surface area (Å²) in [6.07, 6.45) is -0.701. The minimum Gasteiger partial charge on any atom is -0.481 e. The first-order valence-corrected chi connectivity index (χ1v) is 9.98. The van der Waals surface area contributed by atoms with Gasteiger partial charge in [0.1, 0.15) is 5.75 Å². The summed E-state index contributed by atoms with van der Waals surface area (Å²) in [6.45, 7) is 1.66. The third-order valence-electron chi connectivity index (χ3n) is 4.01. The van der Waals surface area contributed by atoms with E-state index < -0.39 is 6.10 Å². The minimum atomic E-state index is -0.701. The van der Waals surface area contributed by atoms with E-state index in [9.17, 15) is 9.59 Å². The van der Waals surface area contributed by atoms with Crippen LogP contribution in [0, 0.1) is 0 Å². The lowest BCUT2D eigenvalue weighted by molar-refractivity contribution is -0.122. The van der Waals surface area contributed by atoms with Crippen molar-refractivity contribution in [1.29, 1.82) is 0 Å². The highest BCUT2D eigenvalue weighted by molar-refractivity contribution is 9.10. The van der Waals surface area contributed by atoms with Crippen LogP contribution < -0.4 is 15.4 Å². The fourth-order valence-corrected chi connectivity index (χ4v) is 2.85. The van der Waals surface area contributed by atoms with Gasteiger partial charge in [0.15, 0.2) is 6.10 Å². The van der Waals surface area contributed by atoms with E-state index in [1.165, 1.54) is 0 Å². The lowest BCUT2D eigenvalue weighted by Crippen LogP contribution is -2.30. The SMILES string of the molecule is C[C@H](Oc1ccc(C(=O)Nc2ccc(Cl)cc2)cc1)C(=O)Nc1ccc(Br)cc1. The second-order valence-electron chi connectivity index (χ2n) is 6.24. The number of anilines is 2. The van der Waals surface area contributed by atoms with E-state index in [0.29, 0.717) is 27.7 Å². The number of nitrogens with one attached hydrogen (secondary N) is 2. The van der Waals surface area contributed by atoms with Gasteiger partial charge < -0.3 is 15.4 Å². The molecule has 0 spiro atoms. The Hall–Kier alpha value is -2.83. The van der Waals surface area contributed by atoms with Crippen molar-refractivity contribution in [3.63, 3.8) is 0 Å². The molecule has 0 aliphatic heterocycles. The van der Waals surface area contributed by atoms with Crippen LogP contribution in [0.3, 0.4) is 0 Å². The van der Waals surface area contributed by atoms with Crippen LogP contribution in [0.25, 0.3) is 0 Å². The van der Waals surface area contributed by atoms with E-state index >= 15 is 0 Å². The minimum absolute atomic E-state index is 0.250. The molecule has 29 heavy (non-hydrogen) atoms. The third-order valence-corrected chi connectivity index (χ3v) is 4.79. The maximum Gasteiger partial charge on any atom is 0.265 e. The Balaban J connectivity index is 1.56. The molecular weight excluding hydrogens is 456 g/mol. The quantitative estimate of drug-likeness (QED) is 0.478. The average Bonchev–Trinajstić information content (AvgIpc) is 2.72. The van der Waals surface area contributed by atoms with E-state index in [2.05, 4.69) is 26.6 Å². The molecule has 0 aromatic heterocycles. The summed E-state index contributed by atoms with van der Waals surface area (Å²) in [5.74, 6) is -0.0247. The van der Waals surface area contributed by atoms with Crippen LogP contribution in [-0.2, 0) is 4.79 Å². The standard InChI is InChI=1S/C22H18BrClN2O3/c1-14(21(27)25-18-8-4-16(23)5-9-18)29-20-12-2-15(3-13-20)22(28)26-19-10-6-17(24)7-11-19/h2-14H,1H3,(H,25,27)(H,26,28)/t14-/m0/s1. The normalized spacial score (nSPS) is 11.4. The van der Waals surface area contributed by atoms with Gasteiger partial charge in [0.2, 0.25) is 0 Å². The fourth-order valence-electron chi connectivity index (χ4n) is 2.46. The Morgan fingerprint density at radius 3 is 2.03 bits per heavy atom. The number of benzene rings is 3. The summed E-state index contributed by atoms with van der Waals surface area (Å²) >= 11 is 9.19. The van der Waals surface area contributed by atoms with Crippen molar-refractivity contribution in [2.45, 2.75) is 13.0 Å². The van der Waals surface area contributed by atoms with Gasteiger partial charge in [0.25, 0.3) is 11.8 Å². The van der Waals surface area contributed by atoms with Crippen molar-refractivity contribution in [2.75, 3.05) is 10.6 Å². The highest BCUT2D eigenvalue weighted by atomic mass is 79.9. The second kappa shape index (κ2) is 9.58. The molecule has 0 aliphatic rings. The molecular formula is C22H18BrClN2O3. The van der Waals surface area contributed by atoms with Crippen LogP contribution in [0.5, 0.6) is 5.75 Å². The lowest BCUT2D eigenvalue weighted by atomic mass is 10.2. The van der Waals surface area contributed by atoms with Crippen LogP contribution in [0.1, 0.15) is 17.3 Å². The number of carbonyl (C=O) groups excluding carboxylic acids is 2. The molecule has 3 rings (SSSR count). The van der Waals surface area contributed by atoms with Crippen LogP contribution in [0.4, 0.5) is 11.4 Å². The van der Waals surface area contributed by atoms with Crippen LogP contribution in [0.2, 0.25) is 5.02 Å². The van der Waals surface area contributed by atoms with Gasteiger partial charge in [0, 0.05) is 26.4 Å². The molecule has 0 unspecified atom stereocenters. The molecule has 148 valence electrons. The van der Waals surface area contributed by atoms with Gasteiger partial charge in [-0.1, -0.05) is 27.5 Å². The predicted octanol–water partition coefficient (Wildman–Crippen LogP) is 5.76. The van der Waals surface area contributed by atoms with Gasteiger partial charge in [0.05, 0.1) is 0 Å². The number of carbonyl (C=O) groups is 2. The monoisotopic (exact) mass is 472 g/mol. The second-order valence-corrected chi connectivity index (χ2v) is 7.59. The molecule has 0 saturated heterocycles. The van der Waals surface area contributed by atoms with Crippen molar-refractivity contribution >= 4 is 50.7 Å². The zero-order valence-electron chi connectivity index (χ0n) is 15.5. The van der Waals surface area contributed by atoms with E-state index in [4.69, 9.17) is 16.3 Å². The number of amides is 2. The highest BCUT2D eigenvalue weighted by Crippen LogP contribution is 2.18. The van der Waals surface area contributed by atoms with Gasteiger partial charge in [-0.15, -0.1) is 0 Å². The summed E-state index contributed by atoms with van der Waals surface area (Å²) in [5.41, 5.74) is 1.81. The molecule has 2 amide bonds. The smallest absolute Gasteiger partial charge is 0.265 e. The summed E-state index contributed by atoms with van der Waals surface area (Å²) in [7, 11) is 0. The number of hydrogen-bond donors (Lipinski definition) is 2. The molecule has 3 aromatic carbocycles. The molecule has 0 fully saturated rings.